The highest BCUT2D eigenvalue weighted by Gasteiger charge is 2.40. The zero-order valence-electron chi connectivity index (χ0n) is 7.89. The SMILES string of the molecule is C[C@H]1CCC[C@@]2(C)CC(=O)C=C12. The third kappa shape index (κ3) is 1.03. The Morgan fingerprint density at radius 3 is 3.00 bits per heavy atom. The molecule has 0 heterocycles. The van der Waals surface area contributed by atoms with Gasteiger partial charge in [-0.3, -0.25) is 4.79 Å². The molecule has 0 radical (unpaired) electrons. The highest BCUT2D eigenvalue weighted by Crippen LogP contribution is 2.49. The normalized spacial score (nSPS) is 41.0. The number of fused-ring (bicyclic) bond motifs is 1. The molecule has 0 amide bonds. The fourth-order valence-corrected chi connectivity index (χ4v) is 2.81. The summed E-state index contributed by atoms with van der Waals surface area (Å²) >= 11 is 0. The Kier molecular flexibility index (Phi) is 1.64. The van der Waals surface area contributed by atoms with E-state index < -0.39 is 0 Å². The van der Waals surface area contributed by atoms with Gasteiger partial charge in [0.15, 0.2) is 5.78 Å². The highest BCUT2D eigenvalue weighted by atomic mass is 16.1. The third-order valence-electron chi connectivity index (χ3n) is 3.47. The number of hydrogen-bond donors (Lipinski definition) is 0. The second kappa shape index (κ2) is 2.45. The Bertz CT molecular complexity index is 252. The predicted molar refractivity (Wildman–Crippen MR) is 48.8 cm³/mol. The lowest BCUT2D eigenvalue weighted by Crippen LogP contribution is -2.25. The van der Waals surface area contributed by atoms with Crippen molar-refractivity contribution in [3.63, 3.8) is 0 Å². The van der Waals surface area contributed by atoms with Crippen molar-refractivity contribution in [2.75, 3.05) is 0 Å². The minimum atomic E-state index is 0.245. The van der Waals surface area contributed by atoms with Crippen LogP contribution in [-0.2, 0) is 4.79 Å². The molecule has 0 aromatic rings. The Morgan fingerprint density at radius 2 is 2.33 bits per heavy atom. The molecule has 0 spiro atoms. The maximum Gasteiger partial charge on any atom is 0.156 e. The standard InChI is InChI=1S/C11H16O/c1-8-4-3-5-11(2)7-9(12)6-10(8)11/h6,8H,3-5,7H2,1-2H3/t8-,11-/m0/s1. The van der Waals surface area contributed by atoms with Gasteiger partial charge in [-0.05, 0) is 30.3 Å². The molecule has 1 nitrogen and oxygen atoms in total. The van der Waals surface area contributed by atoms with Gasteiger partial charge in [-0.2, -0.15) is 0 Å². The van der Waals surface area contributed by atoms with E-state index in [1.165, 1.54) is 24.8 Å². The van der Waals surface area contributed by atoms with Crippen molar-refractivity contribution in [1.29, 1.82) is 0 Å². The lowest BCUT2D eigenvalue weighted by Gasteiger charge is -2.36. The van der Waals surface area contributed by atoms with E-state index in [-0.39, 0.29) is 5.41 Å². The summed E-state index contributed by atoms with van der Waals surface area (Å²) in [6, 6.07) is 0. The van der Waals surface area contributed by atoms with Crippen LogP contribution in [0.25, 0.3) is 0 Å². The van der Waals surface area contributed by atoms with Crippen LogP contribution in [0.1, 0.15) is 39.5 Å². The molecule has 2 rings (SSSR count). The monoisotopic (exact) mass is 164 g/mol. The molecule has 0 bridgehead atoms. The molecule has 0 aromatic carbocycles. The summed E-state index contributed by atoms with van der Waals surface area (Å²) in [5.74, 6) is 0.997. The van der Waals surface area contributed by atoms with Crippen molar-refractivity contribution in [2.45, 2.75) is 39.5 Å². The topological polar surface area (TPSA) is 17.1 Å². The van der Waals surface area contributed by atoms with Crippen molar-refractivity contribution >= 4 is 5.78 Å². The first-order chi connectivity index (χ1) is 5.62. The quantitative estimate of drug-likeness (QED) is 0.538. The first kappa shape index (κ1) is 8.03. The lowest BCUT2D eigenvalue weighted by atomic mass is 9.69. The van der Waals surface area contributed by atoms with E-state index in [2.05, 4.69) is 13.8 Å². The van der Waals surface area contributed by atoms with Gasteiger partial charge in [-0.25, -0.2) is 0 Å². The van der Waals surface area contributed by atoms with Gasteiger partial charge in [0, 0.05) is 6.42 Å². The van der Waals surface area contributed by atoms with Gasteiger partial charge < -0.3 is 0 Å². The van der Waals surface area contributed by atoms with Crippen LogP contribution in [0.5, 0.6) is 0 Å². The summed E-state index contributed by atoms with van der Waals surface area (Å²) < 4.78 is 0. The average Bonchev–Trinajstić information content (AvgIpc) is 2.26. The van der Waals surface area contributed by atoms with Crippen molar-refractivity contribution in [2.24, 2.45) is 11.3 Å². The summed E-state index contributed by atoms with van der Waals surface area (Å²) in [4.78, 5) is 11.3. The van der Waals surface area contributed by atoms with E-state index in [1.54, 1.807) is 0 Å². The summed E-state index contributed by atoms with van der Waals surface area (Å²) in [7, 11) is 0. The Hall–Kier alpha value is -0.590. The minimum absolute atomic E-state index is 0.245. The van der Waals surface area contributed by atoms with Crippen molar-refractivity contribution in [3.05, 3.63) is 11.6 Å². The fraction of sp³-hybridized carbons (Fsp3) is 0.727. The van der Waals surface area contributed by atoms with Gasteiger partial charge in [0.1, 0.15) is 0 Å². The van der Waals surface area contributed by atoms with Gasteiger partial charge in [0.05, 0.1) is 0 Å². The maximum atomic E-state index is 11.3. The van der Waals surface area contributed by atoms with Gasteiger partial charge in [-0.1, -0.05) is 25.8 Å². The number of hydrogen-bond acceptors (Lipinski definition) is 1. The zero-order chi connectivity index (χ0) is 8.77. The first-order valence-corrected chi connectivity index (χ1v) is 4.87. The minimum Gasteiger partial charge on any atom is -0.295 e. The van der Waals surface area contributed by atoms with Gasteiger partial charge in [0.25, 0.3) is 0 Å². The van der Waals surface area contributed by atoms with Crippen LogP contribution in [0, 0.1) is 11.3 Å². The summed E-state index contributed by atoms with van der Waals surface area (Å²) in [6.07, 6.45) is 6.46. The van der Waals surface area contributed by atoms with Gasteiger partial charge in [0.2, 0.25) is 0 Å². The van der Waals surface area contributed by atoms with Crippen LogP contribution in [0.2, 0.25) is 0 Å². The molecule has 12 heavy (non-hydrogen) atoms. The van der Waals surface area contributed by atoms with Crippen LogP contribution in [0.15, 0.2) is 11.6 Å². The van der Waals surface area contributed by atoms with Gasteiger partial charge in [-0.15, -0.1) is 0 Å². The van der Waals surface area contributed by atoms with E-state index in [0.717, 1.165) is 6.42 Å². The molecule has 66 valence electrons. The second-order valence-electron chi connectivity index (χ2n) is 4.60. The Labute approximate surface area is 73.8 Å². The molecule has 1 saturated carbocycles. The lowest BCUT2D eigenvalue weighted by molar-refractivity contribution is -0.115. The largest absolute Gasteiger partial charge is 0.295 e. The molecular formula is C11H16O. The molecular weight excluding hydrogens is 148 g/mol. The molecule has 0 N–H and O–H groups in total. The van der Waals surface area contributed by atoms with E-state index in [4.69, 9.17) is 0 Å². The fourth-order valence-electron chi connectivity index (χ4n) is 2.81. The van der Waals surface area contributed by atoms with Crippen LogP contribution >= 0.6 is 0 Å². The van der Waals surface area contributed by atoms with E-state index in [1.807, 2.05) is 6.08 Å². The number of rotatable bonds is 0. The zero-order valence-corrected chi connectivity index (χ0v) is 7.89. The van der Waals surface area contributed by atoms with Crippen molar-refractivity contribution in [3.8, 4) is 0 Å². The highest BCUT2D eigenvalue weighted by molar-refractivity contribution is 5.94. The number of carbonyl (C=O) groups is 1. The summed E-state index contributed by atoms with van der Waals surface area (Å²) in [5.41, 5.74) is 1.67. The molecule has 0 saturated heterocycles. The summed E-state index contributed by atoms with van der Waals surface area (Å²) in [5, 5.41) is 0. The Balaban J connectivity index is 2.34. The van der Waals surface area contributed by atoms with E-state index in [9.17, 15) is 4.79 Å². The smallest absolute Gasteiger partial charge is 0.156 e. The van der Waals surface area contributed by atoms with E-state index >= 15 is 0 Å². The molecule has 2 atom stereocenters. The van der Waals surface area contributed by atoms with Crippen LogP contribution in [0.3, 0.4) is 0 Å². The molecule has 2 aliphatic rings. The number of allylic oxidation sites excluding steroid dienone is 2. The average molecular weight is 164 g/mol. The predicted octanol–water partition coefficient (Wildman–Crippen LogP) is 2.71. The van der Waals surface area contributed by atoms with Crippen LogP contribution in [0.4, 0.5) is 0 Å². The molecule has 0 aliphatic heterocycles. The Morgan fingerprint density at radius 1 is 1.58 bits per heavy atom. The molecule has 1 fully saturated rings. The first-order valence-electron chi connectivity index (χ1n) is 4.87. The molecule has 2 aliphatic carbocycles. The summed E-state index contributed by atoms with van der Waals surface area (Å²) in [6.45, 7) is 4.50. The number of carbonyl (C=O) groups excluding carboxylic acids is 1. The van der Waals surface area contributed by atoms with Crippen LogP contribution < -0.4 is 0 Å². The molecule has 0 aromatic heterocycles. The maximum absolute atomic E-state index is 11.3. The van der Waals surface area contributed by atoms with Crippen molar-refractivity contribution < 1.29 is 4.79 Å². The third-order valence-corrected chi connectivity index (χ3v) is 3.47. The molecule has 1 heteroatoms. The van der Waals surface area contributed by atoms with Gasteiger partial charge >= 0.3 is 0 Å². The second-order valence-corrected chi connectivity index (χ2v) is 4.60. The van der Waals surface area contributed by atoms with Crippen LogP contribution in [-0.4, -0.2) is 5.78 Å². The van der Waals surface area contributed by atoms with E-state index in [0.29, 0.717) is 11.7 Å². The number of ketones is 1. The molecule has 0 unspecified atom stereocenters. The van der Waals surface area contributed by atoms with Crippen molar-refractivity contribution in [1.82, 2.24) is 0 Å².